The molecule has 7 nitrogen and oxygen atoms in total. The van der Waals surface area contributed by atoms with Gasteiger partial charge in [-0.25, -0.2) is 9.67 Å². The Labute approximate surface area is 190 Å². The summed E-state index contributed by atoms with van der Waals surface area (Å²) in [5, 5.41) is 10.5. The van der Waals surface area contributed by atoms with Crippen LogP contribution in [0.25, 0.3) is 5.69 Å². The van der Waals surface area contributed by atoms with Crippen molar-refractivity contribution in [2.75, 3.05) is 26.7 Å². The molecule has 0 bridgehead atoms. The van der Waals surface area contributed by atoms with Gasteiger partial charge in [0.1, 0.15) is 0 Å². The van der Waals surface area contributed by atoms with Crippen molar-refractivity contribution in [3.8, 4) is 5.69 Å². The van der Waals surface area contributed by atoms with Crippen LogP contribution in [-0.2, 0) is 11.3 Å². The summed E-state index contributed by atoms with van der Waals surface area (Å²) in [5.41, 5.74) is 2.19. The van der Waals surface area contributed by atoms with E-state index in [9.17, 15) is 4.79 Å². The van der Waals surface area contributed by atoms with Crippen LogP contribution in [0.5, 0.6) is 0 Å². The maximum absolute atomic E-state index is 11.6. The smallest absolute Gasteiger partial charge is 0.220 e. The number of piperidine rings is 1. The normalized spacial score (nSPS) is 15.0. The largest absolute Gasteiger partial charge is 0.359 e. The van der Waals surface area contributed by atoms with Crippen LogP contribution < -0.4 is 10.6 Å². The highest BCUT2D eigenvalue weighted by atomic mass is 127. The molecule has 0 saturated carbocycles. The van der Waals surface area contributed by atoms with Gasteiger partial charge in [0, 0.05) is 45.5 Å². The summed E-state index contributed by atoms with van der Waals surface area (Å²) in [5.74, 6) is 1.53. The van der Waals surface area contributed by atoms with Crippen molar-refractivity contribution in [2.45, 2.75) is 32.7 Å². The highest BCUT2D eigenvalue weighted by Gasteiger charge is 2.23. The van der Waals surface area contributed by atoms with Crippen molar-refractivity contribution in [3.63, 3.8) is 0 Å². The Balaban J connectivity index is 0.00000300. The lowest BCUT2D eigenvalue weighted by atomic mass is 9.93. The summed E-state index contributed by atoms with van der Waals surface area (Å²) >= 11 is 0. The summed E-state index contributed by atoms with van der Waals surface area (Å²) in [6.07, 6.45) is 6.39. The molecule has 2 heterocycles. The van der Waals surface area contributed by atoms with Crippen LogP contribution in [0.15, 0.2) is 47.7 Å². The lowest BCUT2D eigenvalue weighted by Gasteiger charge is -2.34. The number of nitrogens with zero attached hydrogens (tertiary/aromatic N) is 4. The predicted octanol–water partition coefficient (Wildman–Crippen LogP) is 2.80. The third-order valence-electron chi connectivity index (χ3n) is 5.14. The Hall–Kier alpha value is -2.10. The van der Waals surface area contributed by atoms with Crippen LogP contribution >= 0.6 is 24.0 Å². The van der Waals surface area contributed by atoms with E-state index >= 15 is 0 Å². The topological polar surface area (TPSA) is 74.5 Å². The second-order valence-electron chi connectivity index (χ2n) is 7.06. The number of nitrogens with one attached hydrogen (secondary N) is 2. The molecule has 0 spiro atoms. The van der Waals surface area contributed by atoms with E-state index in [0.29, 0.717) is 18.9 Å². The molecule has 1 fully saturated rings. The highest BCUT2D eigenvalue weighted by Crippen LogP contribution is 2.21. The van der Waals surface area contributed by atoms with Crippen molar-refractivity contribution in [1.29, 1.82) is 0 Å². The van der Waals surface area contributed by atoms with Crippen molar-refractivity contribution < 1.29 is 4.79 Å². The number of likely N-dealkylation sites (tertiary alicyclic amines) is 1. The lowest BCUT2D eigenvalue weighted by molar-refractivity contribution is -0.121. The van der Waals surface area contributed by atoms with Gasteiger partial charge in [-0.05, 0) is 43.4 Å². The van der Waals surface area contributed by atoms with Crippen LogP contribution in [0, 0.1) is 5.92 Å². The fourth-order valence-electron chi connectivity index (χ4n) is 3.58. The number of para-hydroxylation sites is 1. The number of hydrogen-bond donors (Lipinski definition) is 2. The molecule has 0 unspecified atom stereocenters. The van der Waals surface area contributed by atoms with Crippen LogP contribution in [-0.4, -0.2) is 53.2 Å². The molecule has 1 aliphatic rings. The third-order valence-corrected chi connectivity index (χ3v) is 5.14. The average Bonchev–Trinajstić information content (AvgIpc) is 3.26. The number of hydrogen-bond acceptors (Lipinski definition) is 3. The van der Waals surface area contributed by atoms with E-state index in [0.717, 1.165) is 49.7 Å². The van der Waals surface area contributed by atoms with Gasteiger partial charge in [-0.2, -0.15) is 5.10 Å². The molecule has 1 aliphatic heterocycles. The molecule has 0 aliphatic carbocycles. The van der Waals surface area contributed by atoms with E-state index in [1.807, 2.05) is 29.1 Å². The number of carbonyl (C=O) groups is 1. The Bertz CT molecular complexity index is 784. The summed E-state index contributed by atoms with van der Waals surface area (Å²) in [4.78, 5) is 18.8. The maximum atomic E-state index is 11.6. The zero-order chi connectivity index (χ0) is 19.8. The van der Waals surface area contributed by atoms with Gasteiger partial charge < -0.3 is 15.5 Å². The third kappa shape index (κ3) is 6.45. The highest BCUT2D eigenvalue weighted by molar-refractivity contribution is 14.0. The molecular formula is C21H31IN6O. The molecule has 158 valence electrons. The lowest BCUT2D eigenvalue weighted by Crippen LogP contribution is -2.46. The number of rotatable bonds is 6. The summed E-state index contributed by atoms with van der Waals surface area (Å²) in [7, 11) is 1.70. The van der Waals surface area contributed by atoms with Crippen LogP contribution in [0.3, 0.4) is 0 Å². The van der Waals surface area contributed by atoms with Crippen molar-refractivity contribution >= 4 is 35.8 Å². The number of aliphatic imine (C=N–C) groups is 1. The van der Waals surface area contributed by atoms with Gasteiger partial charge in [0.15, 0.2) is 5.96 Å². The molecule has 1 aromatic heterocycles. The fourth-order valence-corrected chi connectivity index (χ4v) is 3.58. The molecule has 2 aromatic rings. The number of aromatic nitrogens is 2. The van der Waals surface area contributed by atoms with Gasteiger partial charge in [-0.1, -0.05) is 18.2 Å². The zero-order valence-electron chi connectivity index (χ0n) is 17.2. The monoisotopic (exact) mass is 510 g/mol. The number of guanidine groups is 1. The SMILES string of the molecule is CCNC(=NCc1ccccc1-n1cccn1)N1CCC(CC(=O)NC)CC1.I. The van der Waals surface area contributed by atoms with E-state index < -0.39 is 0 Å². The standard InChI is InChI=1S/C21H30N6O.HI/c1-3-23-21(26-13-9-17(10-14-26)15-20(28)22-2)24-16-18-7-4-5-8-19(18)27-12-6-11-25-27;/h4-8,11-12,17H,3,9-10,13-16H2,1-2H3,(H,22,28)(H,23,24);1H. The summed E-state index contributed by atoms with van der Waals surface area (Å²) < 4.78 is 1.88. The minimum absolute atomic E-state index is 0. The van der Waals surface area contributed by atoms with Crippen LogP contribution in [0.1, 0.15) is 31.7 Å². The van der Waals surface area contributed by atoms with E-state index in [1.165, 1.54) is 0 Å². The second-order valence-corrected chi connectivity index (χ2v) is 7.06. The van der Waals surface area contributed by atoms with E-state index in [-0.39, 0.29) is 29.9 Å². The maximum Gasteiger partial charge on any atom is 0.220 e. The van der Waals surface area contributed by atoms with Crippen LogP contribution in [0.2, 0.25) is 0 Å². The number of benzene rings is 1. The fraction of sp³-hybridized carbons (Fsp3) is 0.476. The number of carbonyl (C=O) groups excluding carboxylic acids is 1. The molecule has 1 saturated heterocycles. The molecular weight excluding hydrogens is 479 g/mol. The minimum Gasteiger partial charge on any atom is -0.359 e. The molecule has 1 amide bonds. The Morgan fingerprint density at radius 3 is 2.66 bits per heavy atom. The van der Waals surface area contributed by atoms with Gasteiger partial charge in [0.05, 0.1) is 12.2 Å². The van der Waals surface area contributed by atoms with E-state index in [4.69, 9.17) is 4.99 Å². The summed E-state index contributed by atoms with van der Waals surface area (Å²) in [6, 6.07) is 10.1. The van der Waals surface area contributed by atoms with Crippen molar-refractivity contribution in [2.24, 2.45) is 10.9 Å². The van der Waals surface area contributed by atoms with Crippen molar-refractivity contribution in [3.05, 3.63) is 48.3 Å². The van der Waals surface area contributed by atoms with Gasteiger partial charge in [0.2, 0.25) is 5.91 Å². The van der Waals surface area contributed by atoms with Crippen LogP contribution in [0.4, 0.5) is 0 Å². The zero-order valence-corrected chi connectivity index (χ0v) is 19.5. The second kappa shape index (κ2) is 11.8. The van der Waals surface area contributed by atoms with E-state index in [1.54, 1.807) is 13.2 Å². The molecule has 3 rings (SSSR count). The molecule has 0 radical (unpaired) electrons. The van der Waals surface area contributed by atoms with E-state index in [2.05, 4.69) is 39.7 Å². The number of amides is 1. The van der Waals surface area contributed by atoms with Gasteiger partial charge in [-0.15, -0.1) is 24.0 Å². The Morgan fingerprint density at radius 2 is 2.00 bits per heavy atom. The molecule has 1 aromatic carbocycles. The first kappa shape index (κ1) is 23.2. The molecule has 29 heavy (non-hydrogen) atoms. The molecule has 8 heteroatoms. The van der Waals surface area contributed by atoms with Gasteiger partial charge in [-0.3, -0.25) is 4.79 Å². The number of halogens is 1. The first-order valence-corrected chi connectivity index (χ1v) is 10.0. The Kier molecular flexibility index (Phi) is 9.43. The average molecular weight is 510 g/mol. The predicted molar refractivity (Wildman–Crippen MR) is 127 cm³/mol. The first-order chi connectivity index (χ1) is 13.7. The van der Waals surface area contributed by atoms with Crippen molar-refractivity contribution in [1.82, 2.24) is 25.3 Å². The van der Waals surface area contributed by atoms with Gasteiger partial charge >= 0.3 is 0 Å². The molecule has 2 N–H and O–H groups in total. The minimum atomic E-state index is 0. The summed E-state index contributed by atoms with van der Waals surface area (Å²) in [6.45, 7) is 5.36. The Morgan fingerprint density at radius 1 is 1.24 bits per heavy atom. The molecule has 0 atom stereocenters. The quantitative estimate of drug-likeness (QED) is 0.356. The first-order valence-electron chi connectivity index (χ1n) is 10.0. The van der Waals surface area contributed by atoms with Gasteiger partial charge in [0.25, 0.3) is 0 Å².